The van der Waals surface area contributed by atoms with E-state index in [0.717, 1.165) is 13.2 Å². The molecule has 1 aromatic heterocycles. The molecular formula is C55H44N4+2. The quantitative estimate of drug-likeness (QED) is 0.118. The third kappa shape index (κ3) is 5.31. The topological polar surface area (TPSA) is 41.4 Å². The van der Waals surface area contributed by atoms with Crippen molar-refractivity contribution in [3.8, 4) is 0 Å². The van der Waals surface area contributed by atoms with Gasteiger partial charge in [0.05, 0.1) is 28.3 Å². The summed E-state index contributed by atoms with van der Waals surface area (Å²) >= 11 is 0. The van der Waals surface area contributed by atoms with E-state index in [1.54, 1.807) is 0 Å². The van der Waals surface area contributed by atoms with E-state index in [9.17, 15) is 0 Å². The van der Waals surface area contributed by atoms with E-state index >= 15 is 0 Å². The van der Waals surface area contributed by atoms with Gasteiger partial charge in [-0.2, -0.15) is 0 Å². The summed E-state index contributed by atoms with van der Waals surface area (Å²) in [6.45, 7) is 1.66. The Balaban J connectivity index is 1.12. The van der Waals surface area contributed by atoms with Gasteiger partial charge >= 0.3 is 0 Å². The summed E-state index contributed by atoms with van der Waals surface area (Å²) in [5.74, 6) is 0.214. The number of anilines is 2. The molecule has 4 heteroatoms. The molecule has 3 atom stereocenters. The van der Waals surface area contributed by atoms with E-state index < -0.39 is 0 Å². The van der Waals surface area contributed by atoms with E-state index in [1.807, 2.05) is 0 Å². The van der Waals surface area contributed by atoms with Gasteiger partial charge in [-0.1, -0.05) is 176 Å². The predicted molar refractivity (Wildman–Crippen MR) is 246 cm³/mol. The second-order valence-electron chi connectivity index (χ2n) is 16.2. The third-order valence-corrected chi connectivity index (χ3v) is 13.1. The number of hydrogen-bond acceptors (Lipinski definition) is 1. The van der Waals surface area contributed by atoms with Gasteiger partial charge in [0.15, 0.2) is 6.67 Å². The van der Waals surface area contributed by atoms with Crippen molar-refractivity contribution >= 4 is 76.3 Å². The molecule has 9 aromatic carbocycles. The maximum atomic E-state index is 2.62. The molecule has 10 aromatic rings. The van der Waals surface area contributed by atoms with Gasteiger partial charge in [0.1, 0.15) is 6.54 Å². The summed E-state index contributed by atoms with van der Waals surface area (Å²) in [5, 5.41) is 18.3. The molecular weight excluding hydrogens is 717 g/mol. The summed E-state index contributed by atoms with van der Waals surface area (Å²) in [4.78, 5) is 2.61. The highest BCUT2D eigenvalue weighted by atomic mass is 15.2. The number of para-hydroxylation sites is 2. The molecule has 0 fully saturated rings. The molecule has 4 N–H and O–H groups in total. The van der Waals surface area contributed by atoms with Crippen LogP contribution in [-0.2, 0) is 13.2 Å². The fourth-order valence-electron chi connectivity index (χ4n) is 10.6. The highest BCUT2D eigenvalue weighted by molar-refractivity contribution is 6.39. The molecule has 282 valence electrons. The summed E-state index contributed by atoms with van der Waals surface area (Å²) in [7, 11) is 0. The number of aromatic nitrogens is 1. The second-order valence-corrected chi connectivity index (χ2v) is 16.2. The SMILES string of the molecule is C1=CC2c3c(c4ccccc4c4c3c3ccccc3c3c4c4ccccc4n3C[NH2+]C([NH2+]Cc3ccccc3)c3cccc4ccccc34)N(c3ccccc3)C2C=C1. The summed E-state index contributed by atoms with van der Waals surface area (Å²) in [6, 6.07) is 65.2. The number of benzene rings is 9. The minimum atomic E-state index is 0.139. The lowest BCUT2D eigenvalue weighted by Crippen LogP contribution is -3.05. The van der Waals surface area contributed by atoms with Crippen LogP contribution in [0.5, 0.6) is 0 Å². The minimum absolute atomic E-state index is 0.139. The Morgan fingerprint density at radius 1 is 0.492 bits per heavy atom. The van der Waals surface area contributed by atoms with Crippen molar-refractivity contribution in [1.82, 2.24) is 4.57 Å². The molecule has 0 amide bonds. The number of nitrogens with zero attached hydrogens (tertiary/aromatic N) is 2. The van der Waals surface area contributed by atoms with E-state index in [0.29, 0.717) is 0 Å². The van der Waals surface area contributed by atoms with Crippen molar-refractivity contribution in [3.05, 3.63) is 217 Å². The van der Waals surface area contributed by atoms with Crippen molar-refractivity contribution in [2.75, 3.05) is 4.90 Å². The van der Waals surface area contributed by atoms with Gasteiger partial charge in [0.2, 0.25) is 6.17 Å². The molecule has 1 aliphatic heterocycles. The second kappa shape index (κ2) is 13.8. The Labute approximate surface area is 343 Å². The maximum absolute atomic E-state index is 2.62. The van der Waals surface area contributed by atoms with Crippen LogP contribution in [0.4, 0.5) is 11.4 Å². The average molecular weight is 761 g/mol. The first kappa shape index (κ1) is 34.1. The van der Waals surface area contributed by atoms with Gasteiger partial charge in [-0.25, -0.2) is 0 Å². The first-order valence-electron chi connectivity index (χ1n) is 21.0. The van der Waals surface area contributed by atoms with Crippen molar-refractivity contribution in [3.63, 3.8) is 0 Å². The molecule has 1 aliphatic carbocycles. The van der Waals surface area contributed by atoms with Gasteiger partial charge in [-0.15, -0.1) is 0 Å². The molecule has 2 heterocycles. The smallest absolute Gasteiger partial charge is 0.239 e. The lowest BCUT2D eigenvalue weighted by molar-refractivity contribution is -0.931. The maximum Gasteiger partial charge on any atom is 0.239 e. The molecule has 0 radical (unpaired) electrons. The van der Waals surface area contributed by atoms with Crippen LogP contribution < -0.4 is 15.5 Å². The highest BCUT2D eigenvalue weighted by Gasteiger charge is 2.41. The van der Waals surface area contributed by atoms with Crippen LogP contribution >= 0.6 is 0 Å². The number of rotatable bonds is 8. The molecule has 0 saturated carbocycles. The Morgan fingerprint density at radius 3 is 1.93 bits per heavy atom. The number of quaternary nitrogens is 2. The molecule has 0 saturated heterocycles. The van der Waals surface area contributed by atoms with Gasteiger partial charge < -0.3 is 4.90 Å². The Morgan fingerprint density at radius 2 is 1.12 bits per heavy atom. The fraction of sp³-hybridized carbons (Fsp3) is 0.0909. The van der Waals surface area contributed by atoms with Crippen LogP contribution in [0, 0.1) is 0 Å². The van der Waals surface area contributed by atoms with Gasteiger partial charge in [-0.3, -0.25) is 15.2 Å². The van der Waals surface area contributed by atoms with Crippen LogP contribution in [0.15, 0.2) is 200 Å². The van der Waals surface area contributed by atoms with Crippen LogP contribution in [0.25, 0.3) is 64.9 Å². The molecule has 2 aliphatic rings. The van der Waals surface area contributed by atoms with Crippen molar-refractivity contribution in [2.24, 2.45) is 0 Å². The van der Waals surface area contributed by atoms with Crippen LogP contribution in [-0.4, -0.2) is 10.6 Å². The highest BCUT2D eigenvalue weighted by Crippen LogP contribution is 2.57. The first-order valence-corrected chi connectivity index (χ1v) is 21.0. The normalized spacial score (nSPS) is 16.5. The first-order chi connectivity index (χ1) is 29.3. The zero-order valence-electron chi connectivity index (χ0n) is 32.7. The summed E-state index contributed by atoms with van der Waals surface area (Å²) < 4.78 is 2.62. The molecule has 3 unspecified atom stereocenters. The van der Waals surface area contributed by atoms with Crippen molar-refractivity contribution < 1.29 is 10.6 Å². The van der Waals surface area contributed by atoms with Crippen LogP contribution in [0.2, 0.25) is 0 Å². The van der Waals surface area contributed by atoms with E-state index in [2.05, 4.69) is 220 Å². The molecule has 0 bridgehead atoms. The van der Waals surface area contributed by atoms with Crippen molar-refractivity contribution in [2.45, 2.75) is 31.3 Å². The standard InChI is InChI=1S/C55H42N4/c1-3-18-36(19-4-1)34-56-55(44-31-17-21-37-20-7-8-24-39(37)44)57-35-58-47-32-15-13-29-45(47)51-49-41-26-10-12-28-43(41)54-52(50(49)40-25-9-11-27-42(40)53(51)58)46-30-14-16-33-48(46)59(54)38-22-5-2-6-23-38/h1-33,46,48,55-57H,34-35H2/p+2. The zero-order chi connectivity index (χ0) is 38.9. The Bertz CT molecular complexity index is 3300. The molecule has 12 rings (SSSR count). The Hall–Kier alpha value is -6.98. The molecule has 4 nitrogen and oxygen atoms in total. The number of fused-ring (bicyclic) bond motifs is 16. The monoisotopic (exact) mass is 760 g/mol. The van der Waals surface area contributed by atoms with Crippen LogP contribution in [0.3, 0.4) is 0 Å². The largest absolute Gasteiger partial charge is 0.333 e. The summed E-state index contributed by atoms with van der Waals surface area (Å²) in [6.07, 6.45) is 9.47. The fourth-order valence-corrected chi connectivity index (χ4v) is 10.6. The minimum Gasteiger partial charge on any atom is -0.333 e. The molecule has 59 heavy (non-hydrogen) atoms. The van der Waals surface area contributed by atoms with Crippen molar-refractivity contribution in [1.29, 1.82) is 0 Å². The van der Waals surface area contributed by atoms with Gasteiger partial charge in [0, 0.05) is 44.1 Å². The van der Waals surface area contributed by atoms with E-state index in [-0.39, 0.29) is 18.1 Å². The zero-order valence-corrected chi connectivity index (χ0v) is 32.7. The average Bonchev–Trinajstić information content (AvgIpc) is 3.83. The van der Waals surface area contributed by atoms with E-state index in [1.165, 1.54) is 93.0 Å². The third-order valence-electron chi connectivity index (χ3n) is 13.1. The lowest BCUT2D eigenvalue weighted by atomic mass is 9.83. The summed E-state index contributed by atoms with van der Waals surface area (Å²) in [5.41, 5.74) is 9.25. The van der Waals surface area contributed by atoms with Gasteiger partial charge in [0.25, 0.3) is 0 Å². The number of hydrogen-bond donors (Lipinski definition) is 2. The lowest BCUT2D eigenvalue weighted by Gasteiger charge is -2.29. The number of nitrogens with two attached hydrogens (primary N) is 2. The van der Waals surface area contributed by atoms with Crippen LogP contribution in [0.1, 0.15) is 28.8 Å². The molecule has 0 spiro atoms. The predicted octanol–water partition coefficient (Wildman–Crippen LogP) is 11.1. The Kier molecular flexibility index (Phi) is 8.00. The number of allylic oxidation sites excluding steroid dienone is 2. The van der Waals surface area contributed by atoms with E-state index in [4.69, 9.17) is 0 Å². The van der Waals surface area contributed by atoms with Gasteiger partial charge in [-0.05, 0) is 56.8 Å².